The monoisotopic (exact) mass is 464 g/mol. The number of anilines is 1. The molecular weight excluding hydrogens is 432 g/mol. The van der Waals surface area contributed by atoms with E-state index in [0.29, 0.717) is 5.69 Å². The number of hydrogen-bond acceptors (Lipinski definition) is 3. The van der Waals surface area contributed by atoms with E-state index in [9.17, 15) is 13.2 Å². The molecule has 0 fully saturated rings. The third-order valence-corrected chi connectivity index (χ3v) is 7.73. The van der Waals surface area contributed by atoms with E-state index in [1.54, 1.807) is 36.4 Å². The quantitative estimate of drug-likeness (QED) is 0.516. The van der Waals surface area contributed by atoms with Gasteiger partial charge in [0, 0.05) is 0 Å². The Bertz CT molecular complexity index is 1250. The maximum Gasteiger partial charge on any atom is 0.264 e. The fraction of sp³-hybridized carbons (Fsp3) is 0.296. The average Bonchev–Trinajstić information content (AvgIpc) is 2.75. The third-order valence-electron chi connectivity index (χ3n) is 5.94. The first-order valence-electron chi connectivity index (χ1n) is 11.0. The molecule has 1 atom stereocenters. The first-order valence-corrected chi connectivity index (χ1v) is 12.5. The van der Waals surface area contributed by atoms with Crippen molar-refractivity contribution in [3.63, 3.8) is 0 Å². The van der Waals surface area contributed by atoms with Gasteiger partial charge in [-0.15, -0.1) is 0 Å². The van der Waals surface area contributed by atoms with Gasteiger partial charge in [-0.25, -0.2) is 8.42 Å². The molecule has 174 valence electrons. The standard InChI is InChI=1S/C27H32N2O3S/c1-18-7-11-24(12-8-18)29(33(31,32)25-13-9-19(2)10-14-25)17-27(30)28-23(6)26-16-21(4)20(3)15-22(26)5/h7-16,23H,17H2,1-6H3,(H,28,30)/t23-/m0/s1. The van der Waals surface area contributed by atoms with Gasteiger partial charge < -0.3 is 5.32 Å². The molecule has 0 aliphatic carbocycles. The summed E-state index contributed by atoms with van der Waals surface area (Å²) >= 11 is 0. The summed E-state index contributed by atoms with van der Waals surface area (Å²) in [5.41, 5.74) is 6.89. The van der Waals surface area contributed by atoms with E-state index in [4.69, 9.17) is 0 Å². The summed E-state index contributed by atoms with van der Waals surface area (Å²) in [7, 11) is -3.93. The molecule has 0 aliphatic heterocycles. The molecule has 0 unspecified atom stereocenters. The van der Waals surface area contributed by atoms with Crippen molar-refractivity contribution in [1.82, 2.24) is 5.32 Å². The van der Waals surface area contributed by atoms with Crippen molar-refractivity contribution < 1.29 is 13.2 Å². The highest BCUT2D eigenvalue weighted by Gasteiger charge is 2.28. The first kappa shape index (κ1) is 24.5. The van der Waals surface area contributed by atoms with Gasteiger partial charge in [-0.1, -0.05) is 47.5 Å². The third kappa shape index (κ3) is 5.63. The fourth-order valence-corrected chi connectivity index (χ4v) is 5.23. The number of rotatable bonds is 7. The molecule has 0 bridgehead atoms. The Balaban J connectivity index is 1.90. The predicted octanol–water partition coefficient (Wildman–Crippen LogP) is 5.30. The van der Waals surface area contributed by atoms with Gasteiger partial charge >= 0.3 is 0 Å². The molecule has 0 spiro atoms. The molecular formula is C27H32N2O3S. The highest BCUT2D eigenvalue weighted by atomic mass is 32.2. The van der Waals surface area contributed by atoms with Crippen LogP contribution in [0.25, 0.3) is 0 Å². The van der Waals surface area contributed by atoms with Crippen LogP contribution in [0.15, 0.2) is 65.6 Å². The van der Waals surface area contributed by atoms with Gasteiger partial charge in [-0.2, -0.15) is 0 Å². The Labute approximate surface area is 197 Å². The van der Waals surface area contributed by atoms with Crippen LogP contribution < -0.4 is 9.62 Å². The van der Waals surface area contributed by atoms with Crippen LogP contribution in [0.2, 0.25) is 0 Å². The van der Waals surface area contributed by atoms with Crippen LogP contribution in [0.1, 0.15) is 46.3 Å². The normalized spacial score (nSPS) is 12.3. The van der Waals surface area contributed by atoms with Crippen LogP contribution >= 0.6 is 0 Å². The lowest BCUT2D eigenvalue weighted by atomic mass is 9.96. The summed E-state index contributed by atoms with van der Waals surface area (Å²) in [6, 6.07) is 17.7. The average molecular weight is 465 g/mol. The van der Waals surface area contributed by atoms with Crippen molar-refractivity contribution in [2.75, 3.05) is 10.8 Å². The lowest BCUT2D eigenvalue weighted by Crippen LogP contribution is -2.41. The second-order valence-electron chi connectivity index (χ2n) is 8.74. The molecule has 3 rings (SSSR count). The minimum absolute atomic E-state index is 0.152. The lowest BCUT2D eigenvalue weighted by molar-refractivity contribution is -0.120. The second-order valence-corrected chi connectivity index (χ2v) is 10.6. The van der Waals surface area contributed by atoms with E-state index in [1.165, 1.54) is 9.87 Å². The van der Waals surface area contributed by atoms with E-state index in [-0.39, 0.29) is 23.4 Å². The molecule has 0 heterocycles. The van der Waals surface area contributed by atoms with E-state index in [1.807, 2.05) is 46.8 Å². The summed E-state index contributed by atoms with van der Waals surface area (Å²) in [6.07, 6.45) is 0. The summed E-state index contributed by atoms with van der Waals surface area (Å²) in [4.78, 5) is 13.2. The van der Waals surface area contributed by atoms with Gasteiger partial charge in [0.15, 0.2) is 0 Å². The molecule has 0 saturated carbocycles. The van der Waals surface area contributed by atoms with Crippen LogP contribution in [0, 0.1) is 34.6 Å². The second kappa shape index (κ2) is 9.79. The van der Waals surface area contributed by atoms with Gasteiger partial charge in [0.25, 0.3) is 10.0 Å². The molecule has 0 radical (unpaired) electrons. The van der Waals surface area contributed by atoms with E-state index in [0.717, 1.165) is 27.8 Å². The zero-order valence-corrected chi connectivity index (χ0v) is 21.0. The molecule has 1 amide bonds. The summed E-state index contributed by atoms with van der Waals surface area (Å²) in [6.45, 7) is 11.6. The Morgan fingerprint density at radius 1 is 0.818 bits per heavy atom. The highest BCUT2D eigenvalue weighted by molar-refractivity contribution is 7.92. The van der Waals surface area contributed by atoms with Crippen molar-refractivity contribution >= 4 is 21.6 Å². The molecule has 33 heavy (non-hydrogen) atoms. The van der Waals surface area contributed by atoms with Crippen LogP contribution in [-0.4, -0.2) is 20.9 Å². The predicted molar refractivity (Wildman–Crippen MR) is 134 cm³/mol. The topological polar surface area (TPSA) is 66.5 Å². The number of amides is 1. The number of carbonyl (C=O) groups excluding carboxylic acids is 1. The number of benzene rings is 3. The van der Waals surface area contributed by atoms with Crippen LogP contribution in [0.5, 0.6) is 0 Å². The largest absolute Gasteiger partial charge is 0.348 e. The van der Waals surface area contributed by atoms with Gasteiger partial charge in [-0.3, -0.25) is 9.10 Å². The molecule has 0 aliphatic rings. The Morgan fingerprint density at radius 3 is 1.91 bits per heavy atom. The summed E-state index contributed by atoms with van der Waals surface area (Å²) in [5, 5.41) is 2.98. The summed E-state index contributed by atoms with van der Waals surface area (Å²) < 4.78 is 28.2. The van der Waals surface area contributed by atoms with E-state index < -0.39 is 10.0 Å². The Hall–Kier alpha value is -3.12. The molecule has 3 aromatic carbocycles. The molecule has 6 heteroatoms. The number of nitrogens with zero attached hydrogens (tertiary/aromatic N) is 1. The number of sulfonamides is 1. The zero-order valence-electron chi connectivity index (χ0n) is 20.1. The molecule has 1 N–H and O–H groups in total. The van der Waals surface area contributed by atoms with Gasteiger partial charge in [0.2, 0.25) is 5.91 Å². The fourth-order valence-electron chi connectivity index (χ4n) is 3.81. The molecule has 5 nitrogen and oxygen atoms in total. The molecule has 0 saturated heterocycles. The maximum atomic E-state index is 13.5. The maximum absolute atomic E-state index is 13.5. The zero-order chi connectivity index (χ0) is 24.3. The van der Waals surface area contributed by atoms with Crippen LogP contribution in [0.3, 0.4) is 0 Å². The smallest absolute Gasteiger partial charge is 0.264 e. The SMILES string of the molecule is Cc1ccc(N(CC(=O)N[C@@H](C)c2cc(C)c(C)cc2C)S(=O)(=O)c2ccc(C)cc2)cc1. The molecule has 0 aromatic heterocycles. The van der Waals surface area contributed by atoms with Gasteiger partial charge in [0.05, 0.1) is 16.6 Å². The molecule has 3 aromatic rings. The van der Waals surface area contributed by atoms with Crippen molar-refractivity contribution in [3.05, 3.63) is 94.0 Å². The minimum atomic E-state index is -3.93. The van der Waals surface area contributed by atoms with Crippen LogP contribution in [0.4, 0.5) is 5.69 Å². The Kier molecular flexibility index (Phi) is 7.28. The number of hydrogen-bond donors (Lipinski definition) is 1. The summed E-state index contributed by atoms with van der Waals surface area (Å²) in [5.74, 6) is -0.364. The van der Waals surface area contributed by atoms with Crippen molar-refractivity contribution in [1.29, 1.82) is 0 Å². The Morgan fingerprint density at radius 2 is 1.33 bits per heavy atom. The lowest BCUT2D eigenvalue weighted by Gasteiger charge is -2.26. The van der Waals surface area contributed by atoms with Crippen molar-refractivity contribution in [2.45, 2.75) is 52.5 Å². The number of aryl methyl sites for hydroxylation is 5. The van der Waals surface area contributed by atoms with Gasteiger partial charge in [-0.05, 0) is 88.1 Å². The van der Waals surface area contributed by atoms with E-state index in [2.05, 4.69) is 24.4 Å². The first-order chi connectivity index (χ1) is 15.5. The highest BCUT2D eigenvalue weighted by Crippen LogP contribution is 2.25. The van der Waals surface area contributed by atoms with Gasteiger partial charge in [0.1, 0.15) is 6.54 Å². The van der Waals surface area contributed by atoms with Crippen LogP contribution in [-0.2, 0) is 14.8 Å². The van der Waals surface area contributed by atoms with Crippen molar-refractivity contribution in [2.24, 2.45) is 0 Å². The number of nitrogens with one attached hydrogen (secondary N) is 1. The minimum Gasteiger partial charge on any atom is -0.348 e. The number of carbonyl (C=O) groups is 1. The van der Waals surface area contributed by atoms with E-state index >= 15 is 0 Å². The van der Waals surface area contributed by atoms with Crippen molar-refractivity contribution in [3.8, 4) is 0 Å².